The summed E-state index contributed by atoms with van der Waals surface area (Å²) in [6.45, 7) is 2.88. The lowest BCUT2D eigenvalue weighted by molar-refractivity contribution is 0.996. The van der Waals surface area contributed by atoms with Crippen LogP contribution < -0.4 is 10.5 Å². The molecule has 1 N–H and O–H groups in total. The van der Waals surface area contributed by atoms with Crippen LogP contribution in [0, 0.1) is 11.3 Å². The second kappa shape index (κ2) is 5.54. The molecular formula is C20H17N3O. The maximum atomic E-state index is 12.4. The van der Waals surface area contributed by atoms with Gasteiger partial charge in [0.2, 0.25) is 0 Å². The van der Waals surface area contributed by atoms with Crippen molar-refractivity contribution in [2.24, 2.45) is 0 Å². The van der Waals surface area contributed by atoms with E-state index in [-0.39, 0.29) is 11.1 Å². The van der Waals surface area contributed by atoms with Gasteiger partial charge in [0, 0.05) is 17.6 Å². The van der Waals surface area contributed by atoms with Gasteiger partial charge in [-0.3, -0.25) is 4.79 Å². The predicted molar refractivity (Wildman–Crippen MR) is 95.8 cm³/mol. The van der Waals surface area contributed by atoms with Crippen LogP contribution in [-0.4, -0.2) is 11.5 Å². The van der Waals surface area contributed by atoms with E-state index in [4.69, 9.17) is 0 Å². The molecule has 0 aliphatic carbocycles. The number of hydrogen-bond acceptors (Lipinski definition) is 3. The van der Waals surface area contributed by atoms with E-state index >= 15 is 0 Å². The van der Waals surface area contributed by atoms with Crippen LogP contribution in [0.3, 0.4) is 0 Å². The summed E-state index contributed by atoms with van der Waals surface area (Å²) in [5.41, 5.74) is 4.89. The molecule has 4 rings (SSSR count). The van der Waals surface area contributed by atoms with E-state index in [1.165, 1.54) is 11.1 Å². The van der Waals surface area contributed by atoms with Gasteiger partial charge in [0.05, 0.1) is 11.2 Å². The van der Waals surface area contributed by atoms with E-state index in [9.17, 15) is 10.1 Å². The molecule has 2 heterocycles. The Hall–Kier alpha value is -3.06. The molecule has 0 saturated carbocycles. The van der Waals surface area contributed by atoms with Crippen molar-refractivity contribution in [1.29, 1.82) is 5.26 Å². The molecule has 0 bridgehead atoms. The monoisotopic (exact) mass is 315 g/mol. The molecule has 0 saturated heterocycles. The first-order valence-corrected chi connectivity index (χ1v) is 8.17. The Morgan fingerprint density at radius 2 is 2.08 bits per heavy atom. The van der Waals surface area contributed by atoms with E-state index in [1.807, 2.05) is 24.3 Å². The van der Waals surface area contributed by atoms with Crippen LogP contribution in [0.5, 0.6) is 0 Å². The van der Waals surface area contributed by atoms with Gasteiger partial charge in [-0.05, 0) is 42.2 Å². The first kappa shape index (κ1) is 14.5. The third kappa shape index (κ3) is 2.10. The van der Waals surface area contributed by atoms with Gasteiger partial charge in [-0.1, -0.05) is 31.2 Å². The Morgan fingerprint density at radius 1 is 1.25 bits per heavy atom. The Labute approximate surface area is 140 Å². The molecule has 0 unspecified atom stereocenters. The van der Waals surface area contributed by atoms with E-state index in [1.54, 1.807) is 0 Å². The predicted octanol–water partition coefficient (Wildman–Crippen LogP) is 3.66. The van der Waals surface area contributed by atoms with Crippen molar-refractivity contribution in [3.8, 4) is 6.07 Å². The van der Waals surface area contributed by atoms with Crippen LogP contribution in [0.1, 0.15) is 23.6 Å². The standard InChI is InChI=1S/C20H17N3O/c1-2-13-7-8-17-15(11-13)19(16(12-21)20(24)22-17)23-10-9-14-5-3-4-6-18(14)23/h3-8,11H,2,9-10H2,1H3,(H,22,24). The lowest BCUT2D eigenvalue weighted by Gasteiger charge is -2.22. The number of fused-ring (bicyclic) bond motifs is 2. The molecule has 0 fully saturated rings. The van der Waals surface area contributed by atoms with Gasteiger partial charge in [0.25, 0.3) is 5.56 Å². The molecule has 2 aromatic carbocycles. The minimum Gasteiger partial charge on any atom is -0.339 e. The smallest absolute Gasteiger partial charge is 0.268 e. The molecular weight excluding hydrogens is 298 g/mol. The Bertz CT molecular complexity index is 1040. The fourth-order valence-electron chi connectivity index (χ4n) is 3.50. The highest BCUT2D eigenvalue weighted by Gasteiger charge is 2.25. The molecule has 0 amide bonds. The molecule has 1 aromatic heterocycles. The maximum Gasteiger partial charge on any atom is 0.268 e. The van der Waals surface area contributed by atoms with Crippen LogP contribution in [-0.2, 0) is 12.8 Å². The van der Waals surface area contributed by atoms with E-state index in [0.29, 0.717) is 0 Å². The van der Waals surface area contributed by atoms with Gasteiger partial charge >= 0.3 is 0 Å². The largest absolute Gasteiger partial charge is 0.339 e. The normalized spacial score (nSPS) is 13.1. The van der Waals surface area contributed by atoms with Crippen molar-refractivity contribution >= 4 is 22.3 Å². The fraction of sp³-hybridized carbons (Fsp3) is 0.200. The van der Waals surface area contributed by atoms with Crippen LogP contribution in [0.15, 0.2) is 47.3 Å². The first-order valence-electron chi connectivity index (χ1n) is 8.17. The molecule has 0 radical (unpaired) electrons. The second-order valence-electron chi connectivity index (χ2n) is 6.05. The zero-order valence-electron chi connectivity index (χ0n) is 13.5. The number of aryl methyl sites for hydroxylation is 1. The van der Waals surface area contributed by atoms with E-state index in [0.717, 1.165) is 41.7 Å². The van der Waals surface area contributed by atoms with Crippen molar-refractivity contribution in [2.45, 2.75) is 19.8 Å². The molecule has 118 valence electrons. The van der Waals surface area contributed by atoms with Crippen LogP contribution in [0.25, 0.3) is 10.9 Å². The van der Waals surface area contributed by atoms with Gasteiger partial charge in [0.1, 0.15) is 11.6 Å². The molecule has 0 atom stereocenters. The second-order valence-corrected chi connectivity index (χ2v) is 6.05. The number of pyridine rings is 1. The first-order chi connectivity index (χ1) is 11.7. The number of anilines is 2. The summed E-state index contributed by atoms with van der Waals surface area (Å²) in [4.78, 5) is 17.4. The zero-order valence-corrected chi connectivity index (χ0v) is 13.5. The van der Waals surface area contributed by atoms with Crippen molar-refractivity contribution in [2.75, 3.05) is 11.4 Å². The van der Waals surface area contributed by atoms with Gasteiger partial charge < -0.3 is 9.88 Å². The number of hydrogen-bond donors (Lipinski definition) is 1. The summed E-state index contributed by atoms with van der Waals surface area (Å²) in [5.74, 6) is 0. The lowest BCUT2D eigenvalue weighted by atomic mass is 10.0. The van der Waals surface area contributed by atoms with Crippen molar-refractivity contribution in [3.63, 3.8) is 0 Å². The molecule has 0 spiro atoms. The summed E-state index contributed by atoms with van der Waals surface area (Å²) in [7, 11) is 0. The maximum absolute atomic E-state index is 12.4. The third-order valence-electron chi connectivity index (χ3n) is 4.73. The highest BCUT2D eigenvalue weighted by atomic mass is 16.1. The highest BCUT2D eigenvalue weighted by molar-refractivity contribution is 5.97. The average Bonchev–Trinajstić information content (AvgIpc) is 3.04. The highest BCUT2D eigenvalue weighted by Crippen LogP contribution is 2.38. The van der Waals surface area contributed by atoms with Crippen LogP contribution in [0.2, 0.25) is 0 Å². The molecule has 24 heavy (non-hydrogen) atoms. The molecule has 4 heteroatoms. The topological polar surface area (TPSA) is 59.9 Å². The number of aromatic nitrogens is 1. The number of aromatic amines is 1. The van der Waals surface area contributed by atoms with Crippen LogP contribution in [0.4, 0.5) is 11.4 Å². The summed E-state index contributed by atoms with van der Waals surface area (Å²) < 4.78 is 0. The zero-order chi connectivity index (χ0) is 16.7. The fourth-order valence-corrected chi connectivity index (χ4v) is 3.50. The summed E-state index contributed by atoms with van der Waals surface area (Å²) in [6, 6.07) is 16.3. The summed E-state index contributed by atoms with van der Waals surface area (Å²) in [5, 5.41) is 10.5. The Kier molecular flexibility index (Phi) is 3.35. The van der Waals surface area contributed by atoms with Crippen molar-refractivity contribution < 1.29 is 0 Å². The average molecular weight is 315 g/mol. The van der Waals surface area contributed by atoms with Gasteiger partial charge in [-0.15, -0.1) is 0 Å². The SMILES string of the molecule is CCc1ccc2[nH]c(=O)c(C#N)c(N3CCc4ccccc43)c2c1. The van der Waals surface area contributed by atoms with Gasteiger partial charge in [-0.2, -0.15) is 5.26 Å². The molecule has 1 aliphatic heterocycles. The molecule has 3 aromatic rings. The van der Waals surface area contributed by atoms with Crippen molar-refractivity contribution in [1.82, 2.24) is 4.98 Å². The van der Waals surface area contributed by atoms with Gasteiger partial charge in [0.15, 0.2) is 0 Å². The number of nitriles is 1. The lowest BCUT2D eigenvalue weighted by Crippen LogP contribution is -2.21. The Morgan fingerprint density at radius 3 is 2.88 bits per heavy atom. The Balaban J connectivity index is 2.07. The molecule has 4 nitrogen and oxygen atoms in total. The number of benzene rings is 2. The van der Waals surface area contributed by atoms with Gasteiger partial charge in [-0.25, -0.2) is 0 Å². The summed E-state index contributed by atoms with van der Waals surface area (Å²) in [6.07, 6.45) is 1.83. The number of para-hydroxylation sites is 1. The number of H-pyrrole nitrogens is 1. The number of rotatable bonds is 2. The minimum absolute atomic E-state index is 0.187. The van der Waals surface area contributed by atoms with E-state index in [2.05, 4.69) is 41.1 Å². The number of nitrogens with zero attached hydrogens (tertiary/aromatic N) is 2. The van der Waals surface area contributed by atoms with Crippen molar-refractivity contribution in [3.05, 3.63) is 69.5 Å². The summed E-state index contributed by atoms with van der Waals surface area (Å²) >= 11 is 0. The molecule has 1 aliphatic rings. The van der Waals surface area contributed by atoms with E-state index < -0.39 is 0 Å². The third-order valence-corrected chi connectivity index (χ3v) is 4.73. The number of nitrogens with one attached hydrogen (secondary N) is 1. The minimum atomic E-state index is -0.325. The quantitative estimate of drug-likeness (QED) is 0.785. The van der Waals surface area contributed by atoms with Crippen LogP contribution >= 0.6 is 0 Å².